The van der Waals surface area contributed by atoms with Gasteiger partial charge in [-0.25, -0.2) is 0 Å². The Labute approximate surface area is 164 Å². The summed E-state index contributed by atoms with van der Waals surface area (Å²) in [6.07, 6.45) is 0.550. The zero-order valence-corrected chi connectivity index (χ0v) is 16.3. The second-order valence-corrected chi connectivity index (χ2v) is 7.29. The topological polar surface area (TPSA) is 67.4 Å². The van der Waals surface area contributed by atoms with E-state index in [0.29, 0.717) is 22.9 Å². The largest absolute Gasteiger partial charge is 0.495 e. The van der Waals surface area contributed by atoms with Crippen molar-refractivity contribution in [2.75, 3.05) is 12.4 Å². The van der Waals surface area contributed by atoms with E-state index in [4.69, 9.17) is 16.3 Å². The Morgan fingerprint density at radius 1 is 1.15 bits per heavy atom. The van der Waals surface area contributed by atoms with Crippen LogP contribution in [0.1, 0.15) is 30.5 Å². The van der Waals surface area contributed by atoms with E-state index in [1.165, 1.54) is 7.11 Å². The van der Waals surface area contributed by atoms with Crippen LogP contribution in [0.4, 0.5) is 5.69 Å². The maximum Gasteiger partial charge on any atom is 0.228 e. The molecule has 0 spiro atoms. The third-order valence-corrected chi connectivity index (χ3v) is 5.27. The van der Waals surface area contributed by atoms with Gasteiger partial charge in [-0.3, -0.25) is 9.59 Å². The van der Waals surface area contributed by atoms with Crippen molar-refractivity contribution in [1.82, 2.24) is 5.32 Å². The standard InChI is InChI=1S/C21H23ClN2O3/c1-12-9-18(19(27-3)11-17(12)22)24-21(26)16-10-15(16)20(25)23-13(2)14-7-5-4-6-8-14/h4-9,11,13,15-16H,10H2,1-3H3,(H,23,25)(H,24,26). The van der Waals surface area contributed by atoms with Crippen molar-refractivity contribution in [1.29, 1.82) is 0 Å². The van der Waals surface area contributed by atoms with Crippen LogP contribution in [-0.2, 0) is 9.59 Å². The SMILES string of the molecule is COc1cc(Cl)c(C)cc1NC(=O)C1CC1C(=O)NC(C)c1ccccc1. The van der Waals surface area contributed by atoms with Crippen LogP contribution in [0.25, 0.3) is 0 Å². The summed E-state index contributed by atoms with van der Waals surface area (Å²) in [5, 5.41) is 6.42. The Bertz CT molecular complexity index is 854. The van der Waals surface area contributed by atoms with Gasteiger partial charge in [0.05, 0.1) is 30.7 Å². The Kier molecular flexibility index (Phi) is 5.71. The normalized spacial score (nSPS) is 19.1. The predicted molar refractivity (Wildman–Crippen MR) is 106 cm³/mol. The molecular weight excluding hydrogens is 364 g/mol. The van der Waals surface area contributed by atoms with Gasteiger partial charge in [-0.15, -0.1) is 0 Å². The lowest BCUT2D eigenvalue weighted by molar-refractivity contribution is -0.125. The average molecular weight is 387 g/mol. The lowest BCUT2D eigenvalue weighted by Gasteiger charge is -2.14. The van der Waals surface area contributed by atoms with Gasteiger partial charge in [0.25, 0.3) is 0 Å². The summed E-state index contributed by atoms with van der Waals surface area (Å²) in [5.74, 6) is -0.393. The summed E-state index contributed by atoms with van der Waals surface area (Å²) in [4.78, 5) is 25.0. The van der Waals surface area contributed by atoms with Crippen LogP contribution < -0.4 is 15.4 Å². The molecule has 0 saturated heterocycles. The second kappa shape index (κ2) is 8.01. The van der Waals surface area contributed by atoms with Crippen molar-refractivity contribution in [3.05, 3.63) is 58.6 Å². The molecule has 2 N–H and O–H groups in total. The smallest absolute Gasteiger partial charge is 0.228 e. The molecule has 1 aliphatic carbocycles. The number of anilines is 1. The molecule has 1 fully saturated rings. The van der Waals surface area contributed by atoms with E-state index < -0.39 is 0 Å². The van der Waals surface area contributed by atoms with Crippen molar-refractivity contribution >= 4 is 29.1 Å². The highest BCUT2D eigenvalue weighted by atomic mass is 35.5. The number of carbonyl (C=O) groups excluding carboxylic acids is 2. The average Bonchev–Trinajstić information content (AvgIpc) is 3.46. The van der Waals surface area contributed by atoms with E-state index in [-0.39, 0.29) is 29.7 Å². The molecule has 6 heteroatoms. The van der Waals surface area contributed by atoms with Crippen LogP contribution in [0, 0.1) is 18.8 Å². The fraction of sp³-hybridized carbons (Fsp3) is 0.333. The molecule has 1 aliphatic rings. The number of hydrogen-bond acceptors (Lipinski definition) is 3. The summed E-state index contributed by atoms with van der Waals surface area (Å²) in [6, 6.07) is 13.1. The van der Waals surface area contributed by atoms with E-state index >= 15 is 0 Å². The van der Waals surface area contributed by atoms with Gasteiger partial charge >= 0.3 is 0 Å². The second-order valence-electron chi connectivity index (χ2n) is 6.88. The molecule has 3 unspecified atom stereocenters. The number of halogens is 1. The van der Waals surface area contributed by atoms with Crippen molar-refractivity contribution < 1.29 is 14.3 Å². The summed E-state index contributed by atoms with van der Waals surface area (Å²) >= 11 is 6.09. The van der Waals surface area contributed by atoms with Gasteiger partial charge in [-0.1, -0.05) is 41.9 Å². The Hall–Kier alpha value is -2.53. The van der Waals surface area contributed by atoms with Crippen molar-refractivity contribution in [2.24, 2.45) is 11.8 Å². The Morgan fingerprint density at radius 3 is 2.48 bits per heavy atom. The van der Waals surface area contributed by atoms with Gasteiger partial charge in [-0.05, 0) is 37.5 Å². The van der Waals surface area contributed by atoms with Gasteiger partial charge in [-0.2, -0.15) is 0 Å². The van der Waals surface area contributed by atoms with Crippen LogP contribution >= 0.6 is 11.6 Å². The molecule has 5 nitrogen and oxygen atoms in total. The third-order valence-electron chi connectivity index (χ3n) is 4.86. The van der Waals surface area contributed by atoms with Crippen LogP contribution in [0.3, 0.4) is 0 Å². The molecule has 2 amide bonds. The maximum absolute atomic E-state index is 12.5. The van der Waals surface area contributed by atoms with Crippen LogP contribution in [0.15, 0.2) is 42.5 Å². The zero-order chi connectivity index (χ0) is 19.6. The summed E-state index contributed by atoms with van der Waals surface area (Å²) < 4.78 is 5.28. The molecule has 2 aromatic carbocycles. The van der Waals surface area contributed by atoms with E-state index in [1.807, 2.05) is 44.2 Å². The molecule has 0 radical (unpaired) electrons. The minimum atomic E-state index is -0.325. The first-order valence-electron chi connectivity index (χ1n) is 8.91. The van der Waals surface area contributed by atoms with Gasteiger partial charge in [0.2, 0.25) is 11.8 Å². The number of benzene rings is 2. The molecule has 1 saturated carbocycles. The number of amides is 2. The highest BCUT2D eigenvalue weighted by molar-refractivity contribution is 6.31. The van der Waals surface area contributed by atoms with Crippen LogP contribution in [0.2, 0.25) is 5.02 Å². The Balaban J connectivity index is 1.59. The number of hydrogen-bond donors (Lipinski definition) is 2. The Morgan fingerprint density at radius 2 is 1.81 bits per heavy atom. The fourth-order valence-corrected chi connectivity index (χ4v) is 3.23. The number of ether oxygens (including phenoxy) is 1. The van der Waals surface area contributed by atoms with E-state index in [1.54, 1.807) is 12.1 Å². The molecule has 0 aromatic heterocycles. The molecule has 3 rings (SSSR count). The van der Waals surface area contributed by atoms with E-state index in [2.05, 4.69) is 10.6 Å². The lowest BCUT2D eigenvalue weighted by Crippen LogP contribution is -2.29. The number of rotatable bonds is 6. The van der Waals surface area contributed by atoms with E-state index in [0.717, 1.165) is 11.1 Å². The van der Waals surface area contributed by atoms with Crippen LogP contribution in [-0.4, -0.2) is 18.9 Å². The zero-order valence-electron chi connectivity index (χ0n) is 15.6. The number of methoxy groups -OCH3 is 1. The quantitative estimate of drug-likeness (QED) is 0.785. The molecule has 2 aromatic rings. The van der Waals surface area contributed by atoms with Gasteiger partial charge in [0.1, 0.15) is 5.75 Å². The fourth-order valence-electron chi connectivity index (χ4n) is 3.08. The summed E-state index contributed by atoms with van der Waals surface area (Å²) in [7, 11) is 1.52. The monoisotopic (exact) mass is 386 g/mol. The predicted octanol–water partition coefficient (Wildman–Crippen LogP) is 4.11. The highest BCUT2D eigenvalue weighted by Crippen LogP contribution is 2.41. The number of nitrogens with one attached hydrogen (secondary N) is 2. The van der Waals surface area contributed by atoms with Crippen molar-refractivity contribution in [3.63, 3.8) is 0 Å². The summed E-state index contributed by atoms with van der Waals surface area (Å²) in [5.41, 5.74) is 2.44. The summed E-state index contributed by atoms with van der Waals surface area (Å²) in [6.45, 7) is 3.79. The van der Waals surface area contributed by atoms with Crippen LogP contribution in [0.5, 0.6) is 5.75 Å². The minimum absolute atomic E-state index is 0.0919. The first kappa shape index (κ1) is 19.2. The molecule has 0 heterocycles. The molecule has 27 heavy (non-hydrogen) atoms. The van der Waals surface area contributed by atoms with E-state index in [9.17, 15) is 9.59 Å². The van der Waals surface area contributed by atoms with Gasteiger partial charge in [0, 0.05) is 11.1 Å². The molecule has 142 valence electrons. The van der Waals surface area contributed by atoms with Gasteiger partial charge < -0.3 is 15.4 Å². The van der Waals surface area contributed by atoms with Crippen molar-refractivity contribution in [3.8, 4) is 5.75 Å². The number of aryl methyl sites for hydroxylation is 1. The number of carbonyl (C=O) groups is 2. The molecular formula is C21H23ClN2O3. The van der Waals surface area contributed by atoms with Crippen molar-refractivity contribution in [2.45, 2.75) is 26.3 Å². The maximum atomic E-state index is 12.5. The molecule has 0 bridgehead atoms. The lowest BCUT2D eigenvalue weighted by atomic mass is 10.1. The molecule has 0 aliphatic heterocycles. The first-order valence-corrected chi connectivity index (χ1v) is 9.28. The minimum Gasteiger partial charge on any atom is -0.495 e. The first-order chi connectivity index (χ1) is 12.9. The molecule has 3 atom stereocenters. The third kappa shape index (κ3) is 4.42. The van der Waals surface area contributed by atoms with Gasteiger partial charge in [0.15, 0.2) is 0 Å². The highest BCUT2D eigenvalue weighted by Gasteiger charge is 2.48.